The number of thiophene rings is 1. The first-order valence-electron chi connectivity index (χ1n) is 21.8. The average molecular weight is 791 g/mol. The van der Waals surface area contributed by atoms with Gasteiger partial charge >= 0.3 is 0 Å². The number of aryl methyl sites for hydroxylation is 1. The number of fused-ring (bicyclic) bond motifs is 6. The summed E-state index contributed by atoms with van der Waals surface area (Å²) in [4.78, 5) is 1.39. The Morgan fingerprint density at radius 2 is 1.20 bits per heavy atom. The van der Waals surface area contributed by atoms with Crippen molar-refractivity contribution >= 4 is 60.6 Å². The van der Waals surface area contributed by atoms with Crippen LogP contribution in [0.2, 0.25) is 0 Å². The molecule has 3 aromatic heterocycles. The Balaban J connectivity index is 0.00000238. The first kappa shape index (κ1) is 40.2. The molecule has 3 heterocycles. The van der Waals surface area contributed by atoms with E-state index in [1.54, 1.807) is 0 Å². The van der Waals surface area contributed by atoms with Gasteiger partial charge in [0.05, 0.1) is 27.8 Å². The van der Waals surface area contributed by atoms with Gasteiger partial charge in [0.15, 0.2) is 0 Å². The maximum atomic E-state index is 2.54. The molecule has 0 N–H and O–H groups in total. The highest BCUT2D eigenvalue weighted by Crippen LogP contribution is 2.42. The van der Waals surface area contributed by atoms with Crippen molar-refractivity contribution in [2.24, 2.45) is 5.92 Å². The lowest BCUT2D eigenvalue weighted by molar-refractivity contribution is 0.663. The van der Waals surface area contributed by atoms with E-state index in [1.807, 2.05) is 25.2 Å². The molecule has 9 rings (SSSR count). The Bertz CT molecular complexity index is 2810. The second-order valence-corrected chi connectivity index (χ2v) is 16.9. The number of aromatic nitrogens is 2. The zero-order valence-electron chi connectivity index (χ0n) is 36.0. The number of para-hydroxylation sites is 4. The summed E-state index contributed by atoms with van der Waals surface area (Å²) in [5.41, 5.74) is 17.5. The molecule has 0 radical (unpaired) electrons. The normalized spacial score (nSPS) is 15.0. The third-order valence-corrected chi connectivity index (χ3v) is 13.6. The van der Waals surface area contributed by atoms with Crippen LogP contribution >= 0.6 is 11.3 Å². The fourth-order valence-electron chi connectivity index (χ4n) is 9.43. The lowest BCUT2D eigenvalue weighted by atomic mass is 9.83. The largest absolute Gasteiger partial charge is 0.309 e. The van der Waals surface area contributed by atoms with E-state index in [9.17, 15) is 0 Å². The van der Waals surface area contributed by atoms with Gasteiger partial charge in [0, 0.05) is 37.5 Å². The minimum atomic E-state index is 0.543. The summed E-state index contributed by atoms with van der Waals surface area (Å²) in [6.45, 7) is 15.5. The fourth-order valence-corrected chi connectivity index (χ4v) is 10.6. The first-order chi connectivity index (χ1) is 28.9. The second-order valence-electron chi connectivity index (χ2n) is 16.0. The Morgan fingerprint density at radius 3 is 1.81 bits per heavy atom. The van der Waals surface area contributed by atoms with Crippen molar-refractivity contribution in [1.82, 2.24) is 9.13 Å². The van der Waals surface area contributed by atoms with E-state index in [-0.39, 0.29) is 0 Å². The van der Waals surface area contributed by atoms with Crippen LogP contribution in [-0.4, -0.2) is 9.13 Å². The lowest BCUT2D eigenvalue weighted by Crippen LogP contribution is -2.07. The van der Waals surface area contributed by atoms with Gasteiger partial charge in [0.2, 0.25) is 0 Å². The third-order valence-electron chi connectivity index (χ3n) is 12.5. The van der Waals surface area contributed by atoms with Crippen LogP contribution in [0.15, 0.2) is 167 Å². The summed E-state index contributed by atoms with van der Waals surface area (Å²) in [5.74, 6) is 0.543. The minimum absolute atomic E-state index is 0.543. The standard InChI is InChI=1S/C54H52N2S.C2H6/c1-6-48(55-49-28-16-12-24-43(49)44-25-13-17-29-50(44)55)38(4)37(3)47-34-36(2)32-33-41(47)21-9-7-8-20-40-22-10-11-23-42(40)54-39(5)53(35-57-54)56-51-30-18-14-26-45(51)46-27-15-19-31-52(46)56;1-2/h6,10-19,22-31,33-36H,7-9,20-21,32H2,1-5H3;1-2H3/b38-37+,48-6+;. The molecule has 0 fully saturated rings. The number of benzene rings is 5. The van der Waals surface area contributed by atoms with Crippen LogP contribution in [0.4, 0.5) is 0 Å². The van der Waals surface area contributed by atoms with Crippen molar-refractivity contribution in [3.05, 3.63) is 178 Å². The topological polar surface area (TPSA) is 9.86 Å². The van der Waals surface area contributed by atoms with Crippen LogP contribution in [0.5, 0.6) is 0 Å². The molecule has 3 heteroatoms. The van der Waals surface area contributed by atoms with Crippen molar-refractivity contribution in [3.63, 3.8) is 0 Å². The molecule has 1 atom stereocenters. The third kappa shape index (κ3) is 7.47. The van der Waals surface area contributed by atoms with Crippen molar-refractivity contribution in [3.8, 4) is 16.1 Å². The lowest BCUT2D eigenvalue weighted by Gasteiger charge is -2.24. The summed E-state index contributed by atoms with van der Waals surface area (Å²) in [7, 11) is 0. The van der Waals surface area contributed by atoms with E-state index < -0.39 is 0 Å². The minimum Gasteiger partial charge on any atom is -0.309 e. The quantitative estimate of drug-likeness (QED) is 0.0912. The molecule has 298 valence electrons. The molecule has 1 aliphatic carbocycles. The second kappa shape index (κ2) is 17.7. The highest BCUT2D eigenvalue weighted by molar-refractivity contribution is 7.14. The van der Waals surface area contributed by atoms with Crippen molar-refractivity contribution in [2.45, 2.75) is 87.0 Å². The van der Waals surface area contributed by atoms with Gasteiger partial charge in [0.1, 0.15) is 0 Å². The Labute approximate surface area is 355 Å². The molecule has 8 aromatic rings. The van der Waals surface area contributed by atoms with E-state index in [2.05, 4.69) is 189 Å². The average Bonchev–Trinajstić information content (AvgIpc) is 3.94. The number of nitrogens with zero attached hydrogens (tertiary/aromatic N) is 2. The Hall–Kier alpha value is -5.64. The van der Waals surface area contributed by atoms with Gasteiger partial charge in [-0.1, -0.05) is 142 Å². The zero-order chi connectivity index (χ0) is 41.0. The van der Waals surface area contributed by atoms with E-state index in [1.165, 1.54) is 118 Å². The molecule has 2 nitrogen and oxygen atoms in total. The summed E-state index contributed by atoms with van der Waals surface area (Å²) >= 11 is 1.89. The van der Waals surface area contributed by atoms with E-state index in [0.29, 0.717) is 5.92 Å². The molecule has 0 bridgehead atoms. The number of hydrogen-bond donors (Lipinski definition) is 0. The van der Waals surface area contributed by atoms with Crippen molar-refractivity contribution in [2.75, 3.05) is 0 Å². The number of allylic oxidation sites excluding steroid dienone is 8. The molecule has 0 aliphatic heterocycles. The summed E-state index contributed by atoms with van der Waals surface area (Å²) < 4.78 is 4.94. The van der Waals surface area contributed by atoms with Crippen LogP contribution in [-0.2, 0) is 6.42 Å². The van der Waals surface area contributed by atoms with Crippen LogP contribution in [0, 0.1) is 12.8 Å². The predicted molar refractivity (Wildman–Crippen MR) is 260 cm³/mol. The van der Waals surface area contributed by atoms with Crippen LogP contribution in [0.3, 0.4) is 0 Å². The molecule has 0 saturated heterocycles. The molecule has 0 spiro atoms. The van der Waals surface area contributed by atoms with Gasteiger partial charge in [-0.05, 0) is 129 Å². The molecule has 1 unspecified atom stereocenters. The van der Waals surface area contributed by atoms with Crippen LogP contribution in [0.1, 0.15) is 84.8 Å². The first-order valence-corrected chi connectivity index (χ1v) is 22.7. The maximum Gasteiger partial charge on any atom is 0.0604 e. The van der Waals surface area contributed by atoms with Crippen LogP contribution < -0.4 is 0 Å². The molecule has 5 aromatic carbocycles. The molecule has 0 amide bonds. The highest BCUT2D eigenvalue weighted by Gasteiger charge is 2.21. The Morgan fingerprint density at radius 1 is 0.678 bits per heavy atom. The SMILES string of the molecule is C/C=C(\C(C)=C(/C)C1=CC(C)CC=C1CCCCCc1ccccc1-c1scc(-n2c3ccccc3c3ccccc32)c1C)n1c2ccccc2c2ccccc21.CC. The number of unbranched alkanes of at least 4 members (excludes halogenated alkanes) is 2. The molecular weight excluding hydrogens is 733 g/mol. The summed E-state index contributed by atoms with van der Waals surface area (Å²) in [6, 6.07) is 44.4. The van der Waals surface area contributed by atoms with Gasteiger partial charge in [-0.3, -0.25) is 0 Å². The highest BCUT2D eigenvalue weighted by atomic mass is 32.1. The molecule has 0 saturated carbocycles. The van der Waals surface area contributed by atoms with Gasteiger partial charge in [-0.25, -0.2) is 0 Å². The van der Waals surface area contributed by atoms with Gasteiger partial charge in [0.25, 0.3) is 0 Å². The smallest absolute Gasteiger partial charge is 0.0604 e. The van der Waals surface area contributed by atoms with Crippen LogP contribution in [0.25, 0.3) is 65.4 Å². The maximum absolute atomic E-state index is 2.54. The van der Waals surface area contributed by atoms with Crippen molar-refractivity contribution in [1.29, 1.82) is 0 Å². The predicted octanol–water partition coefficient (Wildman–Crippen LogP) is 16.8. The van der Waals surface area contributed by atoms with Gasteiger partial charge < -0.3 is 9.13 Å². The van der Waals surface area contributed by atoms with Gasteiger partial charge in [-0.15, -0.1) is 11.3 Å². The van der Waals surface area contributed by atoms with E-state index in [0.717, 1.165) is 19.3 Å². The zero-order valence-corrected chi connectivity index (χ0v) is 36.8. The molecule has 59 heavy (non-hydrogen) atoms. The summed E-state index contributed by atoms with van der Waals surface area (Å²) in [6.07, 6.45) is 14.3. The fraction of sp³-hybridized carbons (Fsp3) is 0.250. The van der Waals surface area contributed by atoms with E-state index in [4.69, 9.17) is 0 Å². The number of rotatable bonds is 11. The summed E-state index contributed by atoms with van der Waals surface area (Å²) in [5, 5.41) is 7.60. The Kier molecular flexibility index (Phi) is 12.0. The van der Waals surface area contributed by atoms with Gasteiger partial charge in [-0.2, -0.15) is 0 Å². The molecular formula is C56H58N2S. The number of hydrogen-bond acceptors (Lipinski definition) is 1. The molecule has 1 aliphatic rings. The van der Waals surface area contributed by atoms with E-state index >= 15 is 0 Å². The van der Waals surface area contributed by atoms with Crippen molar-refractivity contribution < 1.29 is 0 Å². The monoisotopic (exact) mass is 790 g/mol.